The molecule has 0 saturated carbocycles. The van der Waals surface area contributed by atoms with E-state index in [-0.39, 0.29) is 5.91 Å². The SMILES string of the molecule is CSc1ccc(C(=O)Nc2ccc(Cl)c(-c3ccccn3)c2)c(-c2ccc(C(C)C)cc2)c1. The first-order chi connectivity index (χ1) is 16.0. The average Bonchev–Trinajstić information content (AvgIpc) is 2.85. The van der Waals surface area contributed by atoms with E-state index >= 15 is 0 Å². The maximum absolute atomic E-state index is 13.3. The van der Waals surface area contributed by atoms with Gasteiger partial charge in [-0.25, -0.2) is 0 Å². The van der Waals surface area contributed by atoms with Crippen LogP contribution in [0.5, 0.6) is 0 Å². The highest BCUT2D eigenvalue weighted by Gasteiger charge is 2.16. The molecule has 0 saturated heterocycles. The number of anilines is 1. The minimum atomic E-state index is -0.167. The van der Waals surface area contributed by atoms with Gasteiger partial charge in [-0.05, 0) is 77.4 Å². The molecule has 4 aromatic rings. The number of thioether (sulfide) groups is 1. The molecule has 3 nitrogen and oxygen atoms in total. The fourth-order valence-corrected chi connectivity index (χ4v) is 4.31. The van der Waals surface area contributed by atoms with Crippen molar-refractivity contribution in [3.63, 3.8) is 0 Å². The van der Waals surface area contributed by atoms with E-state index in [2.05, 4.69) is 54.5 Å². The highest BCUT2D eigenvalue weighted by atomic mass is 35.5. The van der Waals surface area contributed by atoms with Crippen LogP contribution in [0.3, 0.4) is 0 Å². The fraction of sp³-hybridized carbons (Fsp3) is 0.143. The minimum absolute atomic E-state index is 0.167. The van der Waals surface area contributed by atoms with Gasteiger partial charge in [0.15, 0.2) is 0 Å². The molecule has 0 bridgehead atoms. The van der Waals surface area contributed by atoms with Crippen LogP contribution in [0.1, 0.15) is 35.7 Å². The van der Waals surface area contributed by atoms with E-state index < -0.39 is 0 Å². The number of amides is 1. The van der Waals surface area contributed by atoms with Gasteiger partial charge in [0.1, 0.15) is 0 Å². The molecule has 0 aliphatic carbocycles. The number of rotatable bonds is 6. The third-order valence-electron chi connectivity index (χ3n) is 5.52. The number of hydrogen-bond acceptors (Lipinski definition) is 3. The molecule has 166 valence electrons. The standard InChI is InChI=1S/C28H25ClN2OS/c1-18(2)19-7-9-20(10-8-19)24-17-22(33-3)12-13-23(24)28(32)31-21-11-14-26(29)25(16-21)27-6-4-5-15-30-27/h4-18H,1-3H3,(H,31,32). The number of benzene rings is 3. The number of aromatic nitrogens is 1. The smallest absolute Gasteiger partial charge is 0.256 e. The molecule has 0 spiro atoms. The molecule has 5 heteroatoms. The molecule has 1 aromatic heterocycles. The lowest BCUT2D eigenvalue weighted by Gasteiger charge is -2.14. The molecular weight excluding hydrogens is 448 g/mol. The van der Waals surface area contributed by atoms with E-state index in [1.54, 1.807) is 30.1 Å². The van der Waals surface area contributed by atoms with E-state index in [1.165, 1.54) is 5.56 Å². The van der Waals surface area contributed by atoms with Crippen LogP contribution < -0.4 is 5.32 Å². The lowest BCUT2D eigenvalue weighted by atomic mass is 9.95. The molecule has 0 radical (unpaired) electrons. The Balaban J connectivity index is 1.68. The second kappa shape index (κ2) is 10.2. The summed E-state index contributed by atoms with van der Waals surface area (Å²) in [4.78, 5) is 18.8. The van der Waals surface area contributed by atoms with Gasteiger partial charge in [0.2, 0.25) is 0 Å². The van der Waals surface area contributed by atoms with Crippen LogP contribution in [0.2, 0.25) is 5.02 Å². The number of nitrogens with zero attached hydrogens (tertiary/aromatic N) is 1. The molecule has 4 rings (SSSR count). The molecule has 0 aliphatic heterocycles. The van der Waals surface area contributed by atoms with Crippen molar-refractivity contribution in [2.45, 2.75) is 24.7 Å². The van der Waals surface area contributed by atoms with Gasteiger partial charge in [0, 0.05) is 27.9 Å². The molecule has 33 heavy (non-hydrogen) atoms. The van der Waals surface area contributed by atoms with Gasteiger partial charge in [0.25, 0.3) is 5.91 Å². The van der Waals surface area contributed by atoms with Crippen LogP contribution in [-0.2, 0) is 0 Å². The third-order valence-corrected chi connectivity index (χ3v) is 6.58. The van der Waals surface area contributed by atoms with E-state index in [9.17, 15) is 4.79 Å². The molecular formula is C28H25ClN2OS. The first kappa shape index (κ1) is 23.1. The van der Waals surface area contributed by atoms with Gasteiger partial charge in [-0.1, -0.05) is 55.8 Å². The van der Waals surface area contributed by atoms with Crippen molar-refractivity contribution in [1.82, 2.24) is 4.98 Å². The average molecular weight is 473 g/mol. The molecule has 1 N–H and O–H groups in total. The summed E-state index contributed by atoms with van der Waals surface area (Å²) in [5.74, 6) is 0.289. The Morgan fingerprint density at radius 1 is 0.939 bits per heavy atom. The molecule has 1 heterocycles. The Bertz CT molecular complexity index is 1270. The normalized spacial score (nSPS) is 10.9. The van der Waals surface area contributed by atoms with Crippen LogP contribution in [0.15, 0.2) is 90.0 Å². The number of halogens is 1. The van der Waals surface area contributed by atoms with Gasteiger partial charge < -0.3 is 5.32 Å². The minimum Gasteiger partial charge on any atom is -0.322 e. The van der Waals surface area contributed by atoms with Crippen LogP contribution in [0, 0.1) is 0 Å². The second-order valence-electron chi connectivity index (χ2n) is 8.05. The van der Waals surface area contributed by atoms with Crippen molar-refractivity contribution in [3.05, 3.63) is 101 Å². The number of carbonyl (C=O) groups excluding carboxylic acids is 1. The van der Waals surface area contributed by atoms with Crippen LogP contribution >= 0.6 is 23.4 Å². The molecule has 0 fully saturated rings. The maximum atomic E-state index is 13.3. The monoisotopic (exact) mass is 472 g/mol. The van der Waals surface area contributed by atoms with E-state index in [0.29, 0.717) is 22.2 Å². The highest BCUT2D eigenvalue weighted by molar-refractivity contribution is 7.98. The predicted octanol–water partition coefficient (Wildman–Crippen LogP) is 8.17. The largest absolute Gasteiger partial charge is 0.322 e. The van der Waals surface area contributed by atoms with Crippen molar-refractivity contribution in [2.24, 2.45) is 0 Å². The zero-order valence-corrected chi connectivity index (χ0v) is 20.4. The summed E-state index contributed by atoms with van der Waals surface area (Å²) < 4.78 is 0. The summed E-state index contributed by atoms with van der Waals surface area (Å²) in [6.07, 6.45) is 3.76. The van der Waals surface area contributed by atoms with Gasteiger partial charge in [-0.15, -0.1) is 11.8 Å². The molecule has 3 aromatic carbocycles. The summed E-state index contributed by atoms with van der Waals surface area (Å²) in [7, 11) is 0. The molecule has 0 atom stereocenters. The Kier molecular flexibility index (Phi) is 7.17. The summed E-state index contributed by atoms with van der Waals surface area (Å²) >= 11 is 8.06. The quantitative estimate of drug-likeness (QED) is 0.288. The molecule has 1 amide bonds. The van der Waals surface area contributed by atoms with Gasteiger partial charge in [-0.2, -0.15) is 0 Å². The van der Waals surface area contributed by atoms with E-state index in [0.717, 1.165) is 27.3 Å². The Labute approximate surface area is 204 Å². The van der Waals surface area contributed by atoms with E-state index in [4.69, 9.17) is 11.6 Å². The lowest BCUT2D eigenvalue weighted by molar-refractivity contribution is 0.102. The highest BCUT2D eigenvalue weighted by Crippen LogP contribution is 2.32. The fourth-order valence-electron chi connectivity index (χ4n) is 3.65. The van der Waals surface area contributed by atoms with Crippen molar-refractivity contribution >= 4 is 35.0 Å². The Morgan fingerprint density at radius 2 is 1.73 bits per heavy atom. The molecule has 0 aliphatic rings. The summed E-state index contributed by atoms with van der Waals surface area (Å²) in [5.41, 5.74) is 6.03. The maximum Gasteiger partial charge on any atom is 0.256 e. The Morgan fingerprint density at radius 3 is 2.39 bits per heavy atom. The number of carbonyl (C=O) groups is 1. The second-order valence-corrected chi connectivity index (χ2v) is 9.34. The van der Waals surface area contributed by atoms with Crippen molar-refractivity contribution in [1.29, 1.82) is 0 Å². The van der Waals surface area contributed by atoms with Crippen LogP contribution in [0.4, 0.5) is 5.69 Å². The number of pyridine rings is 1. The van der Waals surface area contributed by atoms with Gasteiger partial charge >= 0.3 is 0 Å². The van der Waals surface area contributed by atoms with Crippen molar-refractivity contribution in [3.8, 4) is 22.4 Å². The first-order valence-electron chi connectivity index (χ1n) is 10.8. The third kappa shape index (κ3) is 5.29. The van der Waals surface area contributed by atoms with E-state index in [1.807, 2.05) is 42.7 Å². The number of hydrogen-bond donors (Lipinski definition) is 1. The zero-order valence-electron chi connectivity index (χ0n) is 18.8. The lowest BCUT2D eigenvalue weighted by Crippen LogP contribution is -2.13. The molecule has 0 unspecified atom stereocenters. The van der Waals surface area contributed by atoms with Crippen molar-refractivity contribution < 1.29 is 4.79 Å². The number of nitrogens with one attached hydrogen (secondary N) is 1. The van der Waals surface area contributed by atoms with Crippen LogP contribution in [0.25, 0.3) is 22.4 Å². The summed E-state index contributed by atoms with van der Waals surface area (Å²) in [6.45, 7) is 4.35. The zero-order chi connectivity index (χ0) is 23.4. The summed E-state index contributed by atoms with van der Waals surface area (Å²) in [5, 5.41) is 3.63. The van der Waals surface area contributed by atoms with Gasteiger partial charge in [0.05, 0.1) is 10.7 Å². The predicted molar refractivity (Wildman–Crippen MR) is 140 cm³/mol. The van der Waals surface area contributed by atoms with Gasteiger partial charge in [-0.3, -0.25) is 9.78 Å². The van der Waals surface area contributed by atoms with Crippen molar-refractivity contribution in [2.75, 3.05) is 11.6 Å². The van der Waals surface area contributed by atoms with Crippen LogP contribution in [-0.4, -0.2) is 17.1 Å². The Hall–Kier alpha value is -3.08. The first-order valence-corrected chi connectivity index (χ1v) is 12.4. The summed E-state index contributed by atoms with van der Waals surface area (Å²) in [6, 6.07) is 25.5. The topological polar surface area (TPSA) is 42.0 Å².